The fourth-order valence-corrected chi connectivity index (χ4v) is 2.68. The lowest BCUT2D eigenvalue weighted by atomic mass is 10.0. The highest BCUT2D eigenvalue weighted by molar-refractivity contribution is 5.93. The van der Waals surface area contributed by atoms with Crippen LogP contribution in [0, 0.1) is 6.92 Å². The van der Waals surface area contributed by atoms with Crippen molar-refractivity contribution >= 4 is 22.5 Å². The average molecular weight is 312 g/mol. The van der Waals surface area contributed by atoms with Crippen molar-refractivity contribution < 1.29 is 0 Å². The van der Waals surface area contributed by atoms with Crippen LogP contribution >= 0.6 is 0 Å². The molecular weight excluding hydrogens is 296 g/mol. The highest BCUT2D eigenvalue weighted by atomic mass is 15.1. The van der Waals surface area contributed by atoms with E-state index in [9.17, 15) is 0 Å². The third kappa shape index (κ3) is 2.82. The molecule has 2 aromatic carbocycles. The minimum Gasteiger partial charge on any atom is -0.324 e. The molecule has 2 aromatic heterocycles. The number of rotatable bonds is 3. The van der Waals surface area contributed by atoms with Gasteiger partial charge in [-0.25, -0.2) is 9.97 Å². The molecule has 1 N–H and O–H groups in total. The maximum absolute atomic E-state index is 4.76. The van der Waals surface area contributed by atoms with E-state index in [0.717, 1.165) is 27.8 Å². The number of pyridine rings is 1. The molecule has 0 atom stereocenters. The van der Waals surface area contributed by atoms with E-state index >= 15 is 0 Å². The highest BCUT2D eigenvalue weighted by Gasteiger charge is 2.10. The molecule has 24 heavy (non-hydrogen) atoms. The predicted molar refractivity (Wildman–Crippen MR) is 97.2 cm³/mol. The van der Waals surface area contributed by atoms with Crippen molar-refractivity contribution in [1.82, 2.24) is 15.0 Å². The summed E-state index contributed by atoms with van der Waals surface area (Å²) in [6.45, 7) is 2.08. The van der Waals surface area contributed by atoms with Gasteiger partial charge in [-0.05, 0) is 31.2 Å². The number of benzene rings is 2. The second-order valence-electron chi connectivity index (χ2n) is 5.64. The fraction of sp³-hybridized carbons (Fsp3) is 0.0500. The zero-order valence-electron chi connectivity index (χ0n) is 13.3. The van der Waals surface area contributed by atoms with E-state index in [2.05, 4.69) is 46.5 Å². The van der Waals surface area contributed by atoms with E-state index in [4.69, 9.17) is 4.98 Å². The van der Waals surface area contributed by atoms with Crippen LogP contribution in [-0.2, 0) is 0 Å². The molecule has 116 valence electrons. The summed E-state index contributed by atoms with van der Waals surface area (Å²) in [4.78, 5) is 13.5. The lowest BCUT2D eigenvalue weighted by Crippen LogP contribution is -2.00. The number of nitrogens with one attached hydrogen (secondary N) is 1. The topological polar surface area (TPSA) is 50.7 Å². The Kier molecular flexibility index (Phi) is 3.63. The van der Waals surface area contributed by atoms with Gasteiger partial charge in [-0.2, -0.15) is 0 Å². The van der Waals surface area contributed by atoms with Crippen molar-refractivity contribution in [3.63, 3.8) is 0 Å². The van der Waals surface area contributed by atoms with Gasteiger partial charge in [0, 0.05) is 29.0 Å². The van der Waals surface area contributed by atoms with Crippen LogP contribution in [0.3, 0.4) is 0 Å². The number of anilines is 2. The Morgan fingerprint density at radius 1 is 0.833 bits per heavy atom. The molecule has 0 fully saturated rings. The summed E-state index contributed by atoms with van der Waals surface area (Å²) in [5, 5.41) is 4.32. The summed E-state index contributed by atoms with van der Waals surface area (Å²) >= 11 is 0. The fourth-order valence-electron chi connectivity index (χ4n) is 2.68. The molecule has 0 unspecified atom stereocenters. The molecule has 0 saturated heterocycles. The van der Waals surface area contributed by atoms with Crippen LogP contribution in [0.1, 0.15) is 5.56 Å². The van der Waals surface area contributed by atoms with E-state index in [-0.39, 0.29) is 0 Å². The monoisotopic (exact) mass is 312 g/mol. The number of hydrogen-bond donors (Lipinski definition) is 1. The Hall–Kier alpha value is -3.27. The molecule has 2 heterocycles. The number of aromatic nitrogens is 3. The van der Waals surface area contributed by atoms with Crippen molar-refractivity contribution in [2.24, 2.45) is 0 Å². The number of hydrogen-bond acceptors (Lipinski definition) is 4. The second-order valence-corrected chi connectivity index (χ2v) is 5.64. The number of fused-ring (bicyclic) bond motifs is 1. The van der Waals surface area contributed by atoms with Gasteiger partial charge in [0.25, 0.3) is 0 Å². The first kappa shape index (κ1) is 14.3. The van der Waals surface area contributed by atoms with Crippen LogP contribution in [0.15, 0.2) is 73.1 Å². The maximum Gasteiger partial charge on any atom is 0.228 e. The Morgan fingerprint density at radius 3 is 2.42 bits per heavy atom. The van der Waals surface area contributed by atoms with Gasteiger partial charge in [0.2, 0.25) is 5.95 Å². The van der Waals surface area contributed by atoms with E-state index in [1.54, 1.807) is 12.4 Å². The molecule has 0 spiro atoms. The van der Waals surface area contributed by atoms with Crippen LogP contribution in [-0.4, -0.2) is 15.0 Å². The average Bonchev–Trinajstić information content (AvgIpc) is 2.63. The second kappa shape index (κ2) is 6.08. The largest absolute Gasteiger partial charge is 0.324 e. The molecule has 0 amide bonds. The first-order valence-corrected chi connectivity index (χ1v) is 7.80. The van der Waals surface area contributed by atoms with Crippen LogP contribution in [0.5, 0.6) is 0 Å². The summed E-state index contributed by atoms with van der Waals surface area (Å²) in [5.74, 6) is 0.580. The molecule has 0 aliphatic rings. The van der Waals surface area contributed by atoms with Gasteiger partial charge < -0.3 is 5.32 Å². The van der Waals surface area contributed by atoms with Gasteiger partial charge >= 0.3 is 0 Å². The predicted octanol–water partition coefficient (Wildman–Crippen LogP) is 4.74. The van der Waals surface area contributed by atoms with Crippen molar-refractivity contribution in [3.8, 4) is 11.3 Å². The lowest BCUT2D eigenvalue weighted by molar-refractivity contribution is 1.21. The molecule has 0 aliphatic heterocycles. The summed E-state index contributed by atoms with van der Waals surface area (Å²) in [6.07, 6.45) is 3.48. The minimum atomic E-state index is 0.580. The summed E-state index contributed by atoms with van der Waals surface area (Å²) < 4.78 is 0. The van der Waals surface area contributed by atoms with Gasteiger partial charge in [0.15, 0.2) is 0 Å². The van der Waals surface area contributed by atoms with Crippen LogP contribution < -0.4 is 5.32 Å². The van der Waals surface area contributed by atoms with Crippen molar-refractivity contribution in [1.29, 1.82) is 0 Å². The van der Waals surface area contributed by atoms with Gasteiger partial charge in [-0.15, -0.1) is 0 Å². The van der Waals surface area contributed by atoms with E-state index in [1.165, 1.54) is 5.56 Å². The van der Waals surface area contributed by atoms with Gasteiger partial charge in [0.05, 0.1) is 11.2 Å². The first-order chi connectivity index (χ1) is 11.8. The third-order valence-electron chi connectivity index (χ3n) is 3.83. The molecule has 0 bridgehead atoms. The summed E-state index contributed by atoms with van der Waals surface area (Å²) in [5.41, 5.74) is 5.04. The molecule has 0 radical (unpaired) electrons. The molecule has 4 rings (SSSR count). The third-order valence-corrected chi connectivity index (χ3v) is 3.83. The highest BCUT2D eigenvalue weighted by Crippen LogP contribution is 2.28. The Labute approximate surface area is 140 Å². The van der Waals surface area contributed by atoms with Crippen molar-refractivity contribution in [2.75, 3.05) is 5.32 Å². The van der Waals surface area contributed by atoms with E-state index in [1.807, 2.05) is 36.4 Å². The Morgan fingerprint density at radius 2 is 1.62 bits per heavy atom. The zero-order chi connectivity index (χ0) is 16.4. The van der Waals surface area contributed by atoms with Crippen LogP contribution in [0.4, 0.5) is 11.6 Å². The molecular formula is C20H16N4. The lowest BCUT2D eigenvalue weighted by Gasteiger charge is -2.11. The van der Waals surface area contributed by atoms with Gasteiger partial charge in [-0.1, -0.05) is 42.0 Å². The Balaban J connectivity index is 1.89. The summed E-state index contributed by atoms with van der Waals surface area (Å²) in [7, 11) is 0. The van der Waals surface area contributed by atoms with Crippen molar-refractivity contribution in [3.05, 3.63) is 78.6 Å². The molecule has 4 aromatic rings. The quantitative estimate of drug-likeness (QED) is 0.593. The standard InChI is InChI=1S/C20H16N4/c1-14-7-8-18-17(13-14)19(15-5-3-2-4-6-15)24-20(23-18)22-16-9-11-21-12-10-16/h2-13H,1H3,(H,21,22,23,24). The van der Waals surface area contributed by atoms with Crippen LogP contribution in [0.2, 0.25) is 0 Å². The van der Waals surface area contributed by atoms with Crippen LogP contribution in [0.25, 0.3) is 22.2 Å². The van der Waals surface area contributed by atoms with E-state index < -0.39 is 0 Å². The SMILES string of the molecule is Cc1ccc2nc(Nc3ccncc3)nc(-c3ccccc3)c2c1. The molecule has 4 heteroatoms. The van der Waals surface area contributed by atoms with Gasteiger partial charge in [0.1, 0.15) is 0 Å². The molecule has 4 nitrogen and oxygen atoms in total. The zero-order valence-corrected chi connectivity index (χ0v) is 13.3. The van der Waals surface area contributed by atoms with Gasteiger partial charge in [-0.3, -0.25) is 4.98 Å². The minimum absolute atomic E-state index is 0.580. The normalized spacial score (nSPS) is 10.7. The number of nitrogens with zero attached hydrogens (tertiary/aromatic N) is 3. The summed E-state index contributed by atoms with van der Waals surface area (Å²) in [6, 6.07) is 20.2. The molecule has 0 aliphatic carbocycles. The number of aryl methyl sites for hydroxylation is 1. The smallest absolute Gasteiger partial charge is 0.228 e. The first-order valence-electron chi connectivity index (χ1n) is 7.80. The Bertz CT molecular complexity index is 982. The molecule has 0 saturated carbocycles. The van der Waals surface area contributed by atoms with Crippen molar-refractivity contribution in [2.45, 2.75) is 6.92 Å². The van der Waals surface area contributed by atoms with E-state index in [0.29, 0.717) is 5.95 Å². The maximum atomic E-state index is 4.76.